The SMILES string of the molecule is Cc1[nH]c2ccc(O)c(CN(C)C)c2c1C(=O)NCc1ccccc1. The highest BCUT2D eigenvalue weighted by Gasteiger charge is 2.21. The Morgan fingerprint density at radius 1 is 1.16 bits per heavy atom. The smallest absolute Gasteiger partial charge is 0.254 e. The maximum Gasteiger partial charge on any atom is 0.254 e. The van der Waals surface area contributed by atoms with E-state index in [0.29, 0.717) is 18.7 Å². The lowest BCUT2D eigenvalue weighted by Crippen LogP contribution is -2.23. The highest BCUT2D eigenvalue weighted by molar-refractivity contribution is 6.09. The molecule has 3 aromatic rings. The number of benzene rings is 2. The van der Waals surface area contributed by atoms with Gasteiger partial charge in [-0.2, -0.15) is 0 Å². The first-order valence-electron chi connectivity index (χ1n) is 8.27. The van der Waals surface area contributed by atoms with Gasteiger partial charge in [-0.1, -0.05) is 30.3 Å². The lowest BCUT2D eigenvalue weighted by Gasteiger charge is -2.14. The first kappa shape index (κ1) is 17.0. The van der Waals surface area contributed by atoms with Gasteiger partial charge in [0, 0.05) is 35.2 Å². The van der Waals surface area contributed by atoms with Crippen molar-refractivity contribution < 1.29 is 9.90 Å². The van der Waals surface area contributed by atoms with Gasteiger partial charge in [0.15, 0.2) is 0 Å². The van der Waals surface area contributed by atoms with Gasteiger partial charge >= 0.3 is 0 Å². The molecule has 2 aromatic carbocycles. The number of amides is 1. The van der Waals surface area contributed by atoms with Crippen molar-refractivity contribution >= 4 is 16.8 Å². The fourth-order valence-electron chi connectivity index (χ4n) is 3.11. The van der Waals surface area contributed by atoms with Crippen molar-refractivity contribution in [3.8, 4) is 5.75 Å². The zero-order chi connectivity index (χ0) is 18.0. The number of phenolic OH excluding ortho intramolecular Hbond substituents is 1. The lowest BCUT2D eigenvalue weighted by molar-refractivity contribution is 0.0952. The summed E-state index contributed by atoms with van der Waals surface area (Å²) in [4.78, 5) is 18.1. The summed E-state index contributed by atoms with van der Waals surface area (Å²) in [6.45, 7) is 2.90. The summed E-state index contributed by atoms with van der Waals surface area (Å²) in [6.07, 6.45) is 0. The molecule has 0 unspecified atom stereocenters. The minimum absolute atomic E-state index is 0.141. The summed E-state index contributed by atoms with van der Waals surface area (Å²) in [5, 5.41) is 14.1. The molecule has 0 saturated heterocycles. The Morgan fingerprint density at radius 2 is 1.88 bits per heavy atom. The topological polar surface area (TPSA) is 68.4 Å². The number of hydrogen-bond acceptors (Lipinski definition) is 3. The molecule has 130 valence electrons. The Balaban J connectivity index is 1.98. The molecule has 0 atom stereocenters. The number of carbonyl (C=O) groups excluding carboxylic acids is 1. The van der Waals surface area contributed by atoms with Crippen LogP contribution in [0.15, 0.2) is 42.5 Å². The number of hydrogen-bond donors (Lipinski definition) is 3. The molecule has 1 aromatic heterocycles. The molecule has 5 nitrogen and oxygen atoms in total. The molecule has 0 radical (unpaired) electrons. The second kappa shape index (κ2) is 6.99. The van der Waals surface area contributed by atoms with Crippen molar-refractivity contribution in [2.24, 2.45) is 0 Å². The molecule has 0 spiro atoms. The second-order valence-corrected chi connectivity index (χ2v) is 6.52. The van der Waals surface area contributed by atoms with Gasteiger partial charge in [0.25, 0.3) is 5.91 Å². The van der Waals surface area contributed by atoms with Crippen LogP contribution in [0, 0.1) is 6.92 Å². The molecule has 0 bridgehead atoms. The van der Waals surface area contributed by atoms with Crippen LogP contribution in [0.3, 0.4) is 0 Å². The number of aromatic amines is 1. The average Bonchev–Trinajstić information content (AvgIpc) is 2.92. The molecule has 3 rings (SSSR count). The number of aryl methyl sites for hydroxylation is 1. The van der Waals surface area contributed by atoms with E-state index < -0.39 is 0 Å². The molecule has 0 fully saturated rings. The molecule has 0 aliphatic carbocycles. The Kier molecular flexibility index (Phi) is 4.76. The zero-order valence-corrected chi connectivity index (χ0v) is 14.8. The molecule has 0 aliphatic heterocycles. The van der Waals surface area contributed by atoms with Gasteiger partial charge in [-0.15, -0.1) is 0 Å². The summed E-state index contributed by atoms with van der Waals surface area (Å²) in [7, 11) is 3.87. The summed E-state index contributed by atoms with van der Waals surface area (Å²) in [5.41, 5.74) is 4.06. The largest absolute Gasteiger partial charge is 0.508 e. The Hall–Kier alpha value is -2.79. The van der Waals surface area contributed by atoms with Gasteiger partial charge in [0.2, 0.25) is 0 Å². The van der Waals surface area contributed by atoms with E-state index in [9.17, 15) is 9.90 Å². The maximum atomic E-state index is 12.8. The number of nitrogens with zero attached hydrogens (tertiary/aromatic N) is 1. The van der Waals surface area contributed by atoms with E-state index in [0.717, 1.165) is 27.7 Å². The normalized spacial score (nSPS) is 11.2. The predicted octanol–water partition coefficient (Wildman–Crippen LogP) is 3.17. The number of H-pyrrole nitrogens is 1. The lowest BCUT2D eigenvalue weighted by atomic mass is 10.0. The number of phenols is 1. The average molecular weight is 337 g/mol. The third-order valence-corrected chi connectivity index (χ3v) is 4.23. The Bertz CT molecular complexity index is 898. The van der Waals surface area contributed by atoms with E-state index in [4.69, 9.17) is 0 Å². The third kappa shape index (κ3) is 3.51. The third-order valence-electron chi connectivity index (χ3n) is 4.23. The first-order chi connectivity index (χ1) is 12.0. The van der Waals surface area contributed by atoms with Gasteiger partial charge in [0.05, 0.1) is 5.56 Å². The van der Waals surface area contributed by atoms with Gasteiger partial charge in [-0.3, -0.25) is 4.79 Å². The van der Waals surface area contributed by atoms with Crippen LogP contribution in [0.2, 0.25) is 0 Å². The van der Waals surface area contributed by atoms with Crippen molar-refractivity contribution in [1.82, 2.24) is 15.2 Å². The predicted molar refractivity (Wildman–Crippen MR) is 99.7 cm³/mol. The molecule has 5 heteroatoms. The number of carbonyl (C=O) groups is 1. The van der Waals surface area contributed by atoms with Gasteiger partial charge in [0.1, 0.15) is 5.75 Å². The highest BCUT2D eigenvalue weighted by Crippen LogP contribution is 2.32. The highest BCUT2D eigenvalue weighted by atomic mass is 16.3. The maximum absolute atomic E-state index is 12.8. The fourth-order valence-corrected chi connectivity index (χ4v) is 3.11. The van der Waals surface area contributed by atoms with Crippen LogP contribution in [-0.2, 0) is 13.1 Å². The van der Waals surface area contributed by atoms with Crippen LogP contribution >= 0.6 is 0 Å². The number of nitrogens with one attached hydrogen (secondary N) is 2. The summed E-state index contributed by atoms with van der Waals surface area (Å²) >= 11 is 0. The van der Waals surface area contributed by atoms with Crippen LogP contribution in [0.5, 0.6) is 5.75 Å². The second-order valence-electron chi connectivity index (χ2n) is 6.52. The van der Waals surface area contributed by atoms with E-state index >= 15 is 0 Å². The molecule has 25 heavy (non-hydrogen) atoms. The number of aromatic nitrogens is 1. The van der Waals surface area contributed by atoms with Crippen LogP contribution in [0.4, 0.5) is 0 Å². The molecular formula is C20H23N3O2. The Labute approximate surface area is 147 Å². The van der Waals surface area contributed by atoms with Crippen LogP contribution in [-0.4, -0.2) is 35.0 Å². The molecule has 0 saturated carbocycles. The molecule has 1 heterocycles. The molecule has 3 N–H and O–H groups in total. The van der Waals surface area contributed by atoms with Crippen LogP contribution in [0.1, 0.15) is 27.2 Å². The number of rotatable bonds is 5. The zero-order valence-electron chi connectivity index (χ0n) is 14.8. The number of aromatic hydroxyl groups is 1. The van der Waals surface area contributed by atoms with Crippen LogP contribution < -0.4 is 5.32 Å². The summed E-state index contributed by atoms with van der Waals surface area (Å²) < 4.78 is 0. The van der Waals surface area contributed by atoms with Crippen LogP contribution in [0.25, 0.3) is 10.9 Å². The monoisotopic (exact) mass is 337 g/mol. The van der Waals surface area contributed by atoms with E-state index in [2.05, 4.69) is 10.3 Å². The summed E-state index contributed by atoms with van der Waals surface area (Å²) in [5.74, 6) is 0.0653. The minimum Gasteiger partial charge on any atom is -0.508 e. The van der Waals surface area contributed by atoms with E-state index in [1.165, 1.54) is 0 Å². The van der Waals surface area contributed by atoms with Gasteiger partial charge < -0.3 is 20.3 Å². The standard InChI is InChI=1S/C20H23N3O2/c1-13-18(20(25)21-11-14-7-5-4-6-8-14)19-15(12-23(2)3)17(24)10-9-16(19)22-13/h4-10,22,24H,11-12H2,1-3H3,(H,21,25). The fraction of sp³-hybridized carbons (Fsp3) is 0.250. The molecule has 0 aliphatic rings. The van der Waals surface area contributed by atoms with Crippen molar-refractivity contribution in [2.45, 2.75) is 20.0 Å². The van der Waals surface area contributed by atoms with Crippen molar-refractivity contribution in [3.05, 3.63) is 64.8 Å². The minimum atomic E-state index is -0.141. The first-order valence-corrected chi connectivity index (χ1v) is 8.27. The van der Waals surface area contributed by atoms with Gasteiger partial charge in [-0.05, 0) is 38.7 Å². The van der Waals surface area contributed by atoms with Gasteiger partial charge in [-0.25, -0.2) is 0 Å². The number of fused-ring (bicyclic) bond motifs is 1. The quantitative estimate of drug-likeness (QED) is 0.670. The Morgan fingerprint density at radius 3 is 2.56 bits per heavy atom. The van der Waals surface area contributed by atoms with E-state index in [1.54, 1.807) is 6.07 Å². The summed E-state index contributed by atoms with van der Waals surface area (Å²) in [6, 6.07) is 13.3. The molecular weight excluding hydrogens is 314 g/mol. The molecule has 1 amide bonds. The van der Waals surface area contributed by atoms with Crippen molar-refractivity contribution in [1.29, 1.82) is 0 Å². The van der Waals surface area contributed by atoms with Crippen molar-refractivity contribution in [2.75, 3.05) is 14.1 Å². The van der Waals surface area contributed by atoms with Crippen molar-refractivity contribution in [3.63, 3.8) is 0 Å². The van der Waals surface area contributed by atoms with E-state index in [-0.39, 0.29) is 11.7 Å². The van der Waals surface area contributed by atoms with E-state index in [1.807, 2.05) is 62.3 Å².